The lowest BCUT2D eigenvalue weighted by molar-refractivity contribution is -0.122. The molecule has 0 aliphatic heterocycles. The van der Waals surface area contributed by atoms with Crippen LogP contribution < -0.4 is 15.8 Å². The number of nitrogens with one attached hydrogen (secondary N) is 1. The fourth-order valence-electron chi connectivity index (χ4n) is 2.80. The largest absolute Gasteiger partial charge is 0.496 e. The van der Waals surface area contributed by atoms with Gasteiger partial charge in [0.25, 0.3) is 0 Å². The van der Waals surface area contributed by atoms with E-state index in [0.717, 1.165) is 41.6 Å². The number of amides is 1. The first kappa shape index (κ1) is 15.3. The molecule has 5 heteroatoms. The quantitative estimate of drug-likeness (QED) is 0.887. The molecule has 4 nitrogen and oxygen atoms in total. The van der Waals surface area contributed by atoms with Crippen LogP contribution in [0.5, 0.6) is 5.75 Å². The number of nitrogens with two attached hydrogens (primary N) is 1. The maximum Gasteiger partial charge on any atom is 0.244 e. The average molecular weight is 341 g/mol. The van der Waals surface area contributed by atoms with Crippen LogP contribution in [0, 0.1) is 5.92 Å². The number of carbonyl (C=O) groups excluding carboxylic acids is 1. The summed E-state index contributed by atoms with van der Waals surface area (Å²) in [5.41, 5.74) is 6.27. The fourth-order valence-corrected chi connectivity index (χ4v) is 3.34. The lowest BCUT2D eigenvalue weighted by Crippen LogP contribution is -2.53. The molecule has 1 amide bonds. The number of hydrogen-bond acceptors (Lipinski definition) is 3. The van der Waals surface area contributed by atoms with Crippen LogP contribution in [0.2, 0.25) is 0 Å². The van der Waals surface area contributed by atoms with E-state index in [-0.39, 0.29) is 5.91 Å². The third-order valence-electron chi connectivity index (χ3n) is 3.89. The summed E-state index contributed by atoms with van der Waals surface area (Å²) in [4.78, 5) is 12.4. The second-order valence-corrected chi connectivity index (χ2v) is 6.52. The van der Waals surface area contributed by atoms with Gasteiger partial charge in [0, 0.05) is 5.69 Å². The van der Waals surface area contributed by atoms with Gasteiger partial charge in [-0.2, -0.15) is 0 Å². The van der Waals surface area contributed by atoms with Crippen molar-refractivity contribution in [3.8, 4) is 5.75 Å². The minimum Gasteiger partial charge on any atom is -0.496 e. The molecule has 20 heavy (non-hydrogen) atoms. The molecule has 110 valence electrons. The molecule has 1 saturated carbocycles. The van der Waals surface area contributed by atoms with Crippen molar-refractivity contribution in [1.29, 1.82) is 0 Å². The molecule has 2 atom stereocenters. The SMILES string of the molecule is COc1ccc(NC(=O)C2(N)CCCC(C)C2)cc1Br. The first-order chi connectivity index (χ1) is 9.44. The van der Waals surface area contributed by atoms with Crippen LogP contribution in [0.1, 0.15) is 32.6 Å². The van der Waals surface area contributed by atoms with E-state index in [0.29, 0.717) is 5.92 Å². The summed E-state index contributed by atoms with van der Waals surface area (Å²) in [7, 11) is 1.61. The number of anilines is 1. The second-order valence-electron chi connectivity index (χ2n) is 5.66. The summed E-state index contributed by atoms with van der Waals surface area (Å²) >= 11 is 3.41. The summed E-state index contributed by atoms with van der Waals surface area (Å²) in [5, 5.41) is 2.92. The van der Waals surface area contributed by atoms with Crippen LogP contribution in [-0.4, -0.2) is 18.6 Å². The molecular formula is C15H21BrN2O2. The van der Waals surface area contributed by atoms with Gasteiger partial charge in [-0.15, -0.1) is 0 Å². The standard InChI is InChI=1S/C15H21BrN2O2/c1-10-4-3-7-15(17,9-10)14(19)18-11-5-6-13(20-2)12(16)8-11/h5-6,8,10H,3-4,7,9,17H2,1-2H3,(H,18,19). The van der Waals surface area contributed by atoms with Gasteiger partial charge in [-0.1, -0.05) is 19.8 Å². The first-order valence-corrected chi connectivity index (χ1v) is 7.68. The minimum atomic E-state index is -0.746. The Kier molecular flexibility index (Phi) is 4.70. The van der Waals surface area contributed by atoms with Crippen molar-refractivity contribution in [3.63, 3.8) is 0 Å². The van der Waals surface area contributed by atoms with E-state index in [1.165, 1.54) is 0 Å². The van der Waals surface area contributed by atoms with Gasteiger partial charge in [0.1, 0.15) is 5.75 Å². The number of benzene rings is 1. The summed E-state index contributed by atoms with van der Waals surface area (Å²) in [6, 6.07) is 5.45. The van der Waals surface area contributed by atoms with E-state index in [1.807, 2.05) is 18.2 Å². The molecule has 2 unspecified atom stereocenters. The highest BCUT2D eigenvalue weighted by molar-refractivity contribution is 9.10. The van der Waals surface area contributed by atoms with Gasteiger partial charge in [0.05, 0.1) is 17.1 Å². The maximum atomic E-state index is 12.4. The molecule has 2 rings (SSSR count). The zero-order chi connectivity index (χ0) is 14.8. The van der Waals surface area contributed by atoms with E-state index in [9.17, 15) is 4.79 Å². The Labute approximate surface area is 128 Å². The Morgan fingerprint density at radius 1 is 1.55 bits per heavy atom. The monoisotopic (exact) mass is 340 g/mol. The maximum absolute atomic E-state index is 12.4. The molecule has 1 aromatic carbocycles. The molecule has 1 aromatic rings. The molecule has 0 bridgehead atoms. The Morgan fingerprint density at radius 3 is 2.90 bits per heavy atom. The van der Waals surface area contributed by atoms with E-state index < -0.39 is 5.54 Å². The predicted molar refractivity (Wildman–Crippen MR) is 83.9 cm³/mol. The number of hydrogen-bond donors (Lipinski definition) is 2. The molecule has 0 saturated heterocycles. The number of carbonyl (C=O) groups is 1. The van der Waals surface area contributed by atoms with Crippen molar-refractivity contribution in [2.75, 3.05) is 12.4 Å². The topological polar surface area (TPSA) is 64.3 Å². The van der Waals surface area contributed by atoms with Crippen molar-refractivity contribution in [1.82, 2.24) is 0 Å². The van der Waals surface area contributed by atoms with Crippen LogP contribution in [0.4, 0.5) is 5.69 Å². The van der Waals surface area contributed by atoms with Crippen LogP contribution in [-0.2, 0) is 4.79 Å². The van der Waals surface area contributed by atoms with Crippen LogP contribution in [0.15, 0.2) is 22.7 Å². The summed E-state index contributed by atoms with van der Waals surface area (Å²) < 4.78 is 5.98. The number of methoxy groups -OCH3 is 1. The average Bonchev–Trinajstić information content (AvgIpc) is 2.38. The normalized spacial score (nSPS) is 26.1. The van der Waals surface area contributed by atoms with Gasteiger partial charge in [0.15, 0.2) is 0 Å². The smallest absolute Gasteiger partial charge is 0.244 e. The van der Waals surface area contributed by atoms with E-state index >= 15 is 0 Å². The third-order valence-corrected chi connectivity index (χ3v) is 4.51. The van der Waals surface area contributed by atoms with Gasteiger partial charge in [-0.25, -0.2) is 0 Å². The molecule has 1 fully saturated rings. The van der Waals surface area contributed by atoms with Crippen LogP contribution in [0.25, 0.3) is 0 Å². The third kappa shape index (κ3) is 3.33. The van der Waals surface area contributed by atoms with Crippen molar-refractivity contribution in [2.45, 2.75) is 38.1 Å². The second kappa shape index (κ2) is 6.14. The predicted octanol–water partition coefficient (Wildman–Crippen LogP) is 3.30. The summed E-state index contributed by atoms with van der Waals surface area (Å²) in [6.07, 6.45) is 3.66. The zero-order valence-electron chi connectivity index (χ0n) is 11.9. The van der Waals surface area contributed by atoms with Gasteiger partial charge in [0.2, 0.25) is 5.91 Å². The highest BCUT2D eigenvalue weighted by atomic mass is 79.9. The highest BCUT2D eigenvalue weighted by Gasteiger charge is 2.37. The summed E-state index contributed by atoms with van der Waals surface area (Å²) in [5.74, 6) is 1.14. The Bertz CT molecular complexity index is 507. The fraction of sp³-hybridized carbons (Fsp3) is 0.533. The molecule has 0 radical (unpaired) electrons. The van der Waals surface area contributed by atoms with Crippen molar-refractivity contribution >= 4 is 27.5 Å². The zero-order valence-corrected chi connectivity index (χ0v) is 13.5. The molecular weight excluding hydrogens is 320 g/mol. The van der Waals surface area contributed by atoms with Gasteiger partial charge < -0.3 is 15.8 Å². The lowest BCUT2D eigenvalue weighted by atomic mass is 9.76. The van der Waals surface area contributed by atoms with Gasteiger partial charge in [-0.3, -0.25) is 4.79 Å². The number of rotatable bonds is 3. The summed E-state index contributed by atoms with van der Waals surface area (Å²) in [6.45, 7) is 2.15. The van der Waals surface area contributed by atoms with Crippen LogP contribution >= 0.6 is 15.9 Å². The Hall–Kier alpha value is -1.07. The molecule has 3 N–H and O–H groups in total. The number of ether oxygens (including phenoxy) is 1. The first-order valence-electron chi connectivity index (χ1n) is 6.88. The van der Waals surface area contributed by atoms with Crippen molar-refractivity contribution in [3.05, 3.63) is 22.7 Å². The lowest BCUT2D eigenvalue weighted by Gasteiger charge is -2.35. The molecule has 0 aromatic heterocycles. The minimum absolute atomic E-state index is 0.0962. The van der Waals surface area contributed by atoms with E-state index in [4.69, 9.17) is 10.5 Å². The van der Waals surface area contributed by atoms with Gasteiger partial charge >= 0.3 is 0 Å². The van der Waals surface area contributed by atoms with Crippen LogP contribution in [0.3, 0.4) is 0 Å². The van der Waals surface area contributed by atoms with E-state index in [2.05, 4.69) is 28.2 Å². The Balaban J connectivity index is 2.09. The highest BCUT2D eigenvalue weighted by Crippen LogP contribution is 2.32. The molecule has 0 spiro atoms. The number of halogens is 1. The molecule has 0 heterocycles. The van der Waals surface area contributed by atoms with E-state index in [1.54, 1.807) is 7.11 Å². The molecule has 1 aliphatic rings. The molecule has 1 aliphatic carbocycles. The van der Waals surface area contributed by atoms with Crippen molar-refractivity contribution in [2.24, 2.45) is 11.7 Å². The van der Waals surface area contributed by atoms with Crippen molar-refractivity contribution < 1.29 is 9.53 Å². The van der Waals surface area contributed by atoms with Gasteiger partial charge in [-0.05, 0) is 52.9 Å². The Morgan fingerprint density at radius 2 is 2.30 bits per heavy atom.